The quantitative estimate of drug-likeness (QED) is 0.754. The highest BCUT2D eigenvalue weighted by atomic mass is 32.2. The molecule has 0 spiro atoms. The van der Waals surface area contributed by atoms with Crippen molar-refractivity contribution in [2.75, 3.05) is 18.6 Å². The predicted molar refractivity (Wildman–Crippen MR) is 73.4 cm³/mol. The molecule has 0 bridgehead atoms. The van der Waals surface area contributed by atoms with Gasteiger partial charge in [0.15, 0.2) is 0 Å². The first-order chi connectivity index (χ1) is 8.35. The van der Waals surface area contributed by atoms with Gasteiger partial charge in [-0.1, -0.05) is 6.92 Å². The van der Waals surface area contributed by atoms with E-state index < -0.39 is 9.84 Å². The Morgan fingerprint density at radius 3 is 2.56 bits per heavy atom. The summed E-state index contributed by atoms with van der Waals surface area (Å²) >= 11 is 0. The largest absolute Gasteiger partial charge is 0.313 e. The molecule has 0 aliphatic heterocycles. The first-order valence-electron chi connectivity index (χ1n) is 6.26. The van der Waals surface area contributed by atoms with Gasteiger partial charge in [0.25, 0.3) is 0 Å². The molecule has 0 radical (unpaired) electrons. The Labute approximate surface area is 109 Å². The fraction of sp³-hybridized carbons (Fsp3) is 0.750. The molecule has 0 saturated heterocycles. The minimum Gasteiger partial charge on any atom is -0.313 e. The van der Waals surface area contributed by atoms with Crippen molar-refractivity contribution in [2.45, 2.75) is 40.3 Å². The lowest BCUT2D eigenvalue weighted by Gasteiger charge is -2.05. The summed E-state index contributed by atoms with van der Waals surface area (Å²) in [5, 5.41) is 7.75. The highest BCUT2D eigenvalue weighted by molar-refractivity contribution is 7.90. The van der Waals surface area contributed by atoms with Crippen molar-refractivity contribution in [1.29, 1.82) is 0 Å². The Bertz CT molecular complexity index is 492. The van der Waals surface area contributed by atoms with Crippen LogP contribution in [0.1, 0.15) is 30.3 Å². The van der Waals surface area contributed by atoms with Crippen LogP contribution >= 0.6 is 0 Å². The Balaban J connectivity index is 2.74. The van der Waals surface area contributed by atoms with Crippen LogP contribution in [0, 0.1) is 13.8 Å². The molecule has 104 valence electrons. The maximum absolute atomic E-state index is 11.2. The zero-order chi connectivity index (χ0) is 13.8. The second kappa shape index (κ2) is 6.33. The molecule has 0 amide bonds. The molecule has 0 saturated carbocycles. The van der Waals surface area contributed by atoms with E-state index in [1.165, 1.54) is 11.8 Å². The summed E-state index contributed by atoms with van der Waals surface area (Å²) in [6, 6.07) is 0. The third-order valence-electron chi connectivity index (χ3n) is 2.93. The third kappa shape index (κ3) is 4.42. The van der Waals surface area contributed by atoms with Crippen LogP contribution in [0.15, 0.2) is 0 Å². The third-order valence-corrected chi connectivity index (χ3v) is 3.86. The first kappa shape index (κ1) is 15.2. The number of rotatable bonds is 7. The first-order valence-corrected chi connectivity index (χ1v) is 8.32. The Hall–Kier alpha value is -0.880. The molecule has 1 N–H and O–H groups in total. The predicted octanol–water partition coefficient (Wildman–Crippen LogP) is 1.04. The molecule has 0 fully saturated rings. The van der Waals surface area contributed by atoms with Gasteiger partial charge in [0.05, 0.1) is 18.0 Å². The number of hydrogen-bond donors (Lipinski definition) is 1. The molecule has 1 heterocycles. The van der Waals surface area contributed by atoms with Gasteiger partial charge in [0.2, 0.25) is 0 Å². The van der Waals surface area contributed by atoms with E-state index in [0.717, 1.165) is 30.9 Å². The van der Waals surface area contributed by atoms with Crippen molar-refractivity contribution in [3.8, 4) is 0 Å². The minimum absolute atomic E-state index is 0.136. The summed E-state index contributed by atoms with van der Waals surface area (Å²) in [7, 11) is -2.94. The number of nitrogens with one attached hydrogen (secondary N) is 1. The van der Waals surface area contributed by atoms with Gasteiger partial charge in [-0.05, 0) is 26.8 Å². The van der Waals surface area contributed by atoms with E-state index in [1.807, 2.05) is 13.8 Å². The van der Waals surface area contributed by atoms with Gasteiger partial charge in [-0.25, -0.2) is 8.42 Å². The molecule has 18 heavy (non-hydrogen) atoms. The maximum Gasteiger partial charge on any atom is 0.149 e. The van der Waals surface area contributed by atoms with Gasteiger partial charge in [0.1, 0.15) is 9.84 Å². The monoisotopic (exact) mass is 273 g/mol. The Morgan fingerprint density at radius 2 is 2.00 bits per heavy atom. The molecule has 0 aliphatic rings. The number of aromatic nitrogens is 2. The van der Waals surface area contributed by atoms with Crippen molar-refractivity contribution in [3.63, 3.8) is 0 Å². The van der Waals surface area contributed by atoms with Crippen LogP contribution in [0.2, 0.25) is 0 Å². The van der Waals surface area contributed by atoms with Crippen molar-refractivity contribution < 1.29 is 8.42 Å². The van der Waals surface area contributed by atoms with Crippen molar-refractivity contribution >= 4 is 9.84 Å². The van der Waals surface area contributed by atoms with Crippen molar-refractivity contribution in [2.24, 2.45) is 0 Å². The van der Waals surface area contributed by atoms with Crippen LogP contribution in [-0.4, -0.2) is 36.8 Å². The maximum atomic E-state index is 11.2. The lowest BCUT2D eigenvalue weighted by Crippen LogP contribution is -2.16. The summed E-state index contributed by atoms with van der Waals surface area (Å²) in [4.78, 5) is 0. The SMILES string of the molecule is CCCNCc1c(C)nn(CCS(C)(=O)=O)c1C. The number of hydrogen-bond acceptors (Lipinski definition) is 4. The van der Waals surface area contributed by atoms with Crippen molar-refractivity contribution in [3.05, 3.63) is 17.0 Å². The summed E-state index contributed by atoms with van der Waals surface area (Å²) in [6.45, 7) is 8.29. The van der Waals surface area contributed by atoms with Crippen LogP contribution in [0.5, 0.6) is 0 Å². The van der Waals surface area contributed by atoms with Gasteiger partial charge in [-0.3, -0.25) is 4.68 Å². The zero-order valence-corrected chi connectivity index (χ0v) is 12.5. The van der Waals surface area contributed by atoms with E-state index in [1.54, 1.807) is 4.68 Å². The van der Waals surface area contributed by atoms with Crippen LogP contribution in [0.25, 0.3) is 0 Å². The van der Waals surface area contributed by atoms with Gasteiger partial charge in [0, 0.05) is 24.1 Å². The number of nitrogens with zero attached hydrogens (tertiary/aromatic N) is 2. The van der Waals surface area contributed by atoms with E-state index in [-0.39, 0.29) is 5.75 Å². The van der Waals surface area contributed by atoms with E-state index in [9.17, 15) is 8.42 Å². The molecule has 0 atom stereocenters. The van der Waals surface area contributed by atoms with Gasteiger partial charge in [-0.2, -0.15) is 5.10 Å². The van der Waals surface area contributed by atoms with Crippen LogP contribution in [0.3, 0.4) is 0 Å². The molecule has 0 unspecified atom stereocenters. The number of sulfone groups is 1. The molecule has 1 aromatic heterocycles. The van der Waals surface area contributed by atoms with Crippen LogP contribution in [0.4, 0.5) is 0 Å². The molecule has 1 rings (SSSR count). The molecular formula is C12H23N3O2S. The fourth-order valence-electron chi connectivity index (χ4n) is 1.85. The van der Waals surface area contributed by atoms with Crippen molar-refractivity contribution in [1.82, 2.24) is 15.1 Å². The van der Waals surface area contributed by atoms with E-state index in [4.69, 9.17) is 0 Å². The fourth-order valence-corrected chi connectivity index (χ4v) is 2.35. The smallest absolute Gasteiger partial charge is 0.149 e. The van der Waals surface area contributed by atoms with Crippen LogP contribution in [-0.2, 0) is 22.9 Å². The lowest BCUT2D eigenvalue weighted by atomic mass is 10.2. The molecule has 0 aliphatic carbocycles. The Morgan fingerprint density at radius 1 is 1.33 bits per heavy atom. The molecule has 1 aromatic rings. The molecule has 6 heteroatoms. The molecule has 5 nitrogen and oxygen atoms in total. The molecular weight excluding hydrogens is 250 g/mol. The second-order valence-corrected chi connectivity index (χ2v) is 6.94. The van der Waals surface area contributed by atoms with Gasteiger partial charge < -0.3 is 5.32 Å². The van der Waals surface area contributed by atoms with Gasteiger partial charge in [-0.15, -0.1) is 0 Å². The lowest BCUT2D eigenvalue weighted by molar-refractivity contribution is 0.580. The topological polar surface area (TPSA) is 64.0 Å². The normalized spacial score (nSPS) is 12.0. The Kier molecular flexibility index (Phi) is 5.34. The van der Waals surface area contributed by atoms with Crippen LogP contribution < -0.4 is 5.32 Å². The summed E-state index contributed by atoms with van der Waals surface area (Å²) in [5.41, 5.74) is 3.21. The highest BCUT2D eigenvalue weighted by Crippen LogP contribution is 2.12. The van der Waals surface area contributed by atoms with E-state index in [0.29, 0.717) is 6.54 Å². The van der Waals surface area contributed by atoms with E-state index >= 15 is 0 Å². The second-order valence-electron chi connectivity index (χ2n) is 4.68. The summed E-state index contributed by atoms with van der Waals surface area (Å²) in [6.07, 6.45) is 2.35. The highest BCUT2D eigenvalue weighted by Gasteiger charge is 2.12. The summed E-state index contributed by atoms with van der Waals surface area (Å²) < 4.78 is 24.1. The standard InChI is InChI=1S/C12H23N3O2S/c1-5-6-13-9-12-10(2)14-15(11(12)3)7-8-18(4,16)17/h13H,5-9H2,1-4H3. The summed E-state index contributed by atoms with van der Waals surface area (Å²) in [5.74, 6) is 0.136. The average Bonchev–Trinajstić information content (AvgIpc) is 2.53. The minimum atomic E-state index is -2.94. The van der Waals surface area contributed by atoms with Gasteiger partial charge >= 0.3 is 0 Å². The van der Waals surface area contributed by atoms with E-state index in [2.05, 4.69) is 17.3 Å². The molecule has 0 aromatic carbocycles. The average molecular weight is 273 g/mol. The number of aryl methyl sites for hydroxylation is 2. The zero-order valence-electron chi connectivity index (χ0n) is 11.7.